The first-order chi connectivity index (χ1) is 18.0. The van der Waals surface area contributed by atoms with E-state index in [0.29, 0.717) is 0 Å². The Morgan fingerprint density at radius 1 is 0.579 bits per heavy atom. The Hall–Kier alpha value is -1.76. The molecule has 0 saturated heterocycles. The zero-order valence-corrected chi connectivity index (χ0v) is 28.8. The highest BCUT2D eigenvalue weighted by Crippen LogP contribution is 2.18. The minimum atomic E-state index is 0.880. The van der Waals surface area contributed by atoms with Gasteiger partial charge in [-0.15, -0.1) is 0 Å². The van der Waals surface area contributed by atoms with Crippen molar-refractivity contribution in [2.75, 3.05) is 7.11 Å². The fraction of sp³-hybridized carbons (Fsp3) is 0.676. The maximum absolute atomic E-state index is 5.13. The molecular formula is C37H70O. The number of methoxy groups -OCH3 is 1. The van der Waals surface area contributed by atoms with Crippen LogP contribution in [0.4, 0.5) is 0 Å². The summed E-state index contributed by atoms with van der Waals surface area (Å²) in [5.41, 5.74) is 5.08. The lowest BCUT2D eigenvalue weighted by Crippen LogP contribution is -2.04. The standard InChI is InChI=1S/C9H12O.C8H10.C8H18.C5H12.C4H10.C3H8/c1-7-4-5-8(2)9(6-7)10-3;1-7-3-5-8(2)6-4-7;1-5-8(6-2)7(3)4;1-3-5-4-2;1-3-4-2;1-3-2/h4-6H,1-3H3;3-6H,1-2H3;7-8H,5-6H2,1-4H3;3-5H2,1-2H3;3-4H2,1-2H3;3H2,1-2H3. The lowest BCUT2D eigenvalue weighted by molar-refractivity contribution is 0.362. The van der Waals surface area contributed by atoms with E-state index in [9.17, 15) is 0 Å². The maximum Gasteiger partial charge on any atom is 0.122 e. The molecule has 1 nitrogen and oxygen atoms in total. The first kappa shape index (κ1) is 43.3. The molecule has 0 heterocycles. The third-order valence-corrected chi connectivity index (χ3v) is 5.98. The molecule has 0 N–H and O–H groups in total. The molecule has 2 aromatic rings. The van der Waals surface area contributed by atoms with Gasteiger partial charge in [-0.25, -0.2) is 0 Å². The Bertz CT molecular complexity index is 655. The first-order valence-corrected chi connectivity index (χ1v) is 15.6. The van der Waals surface area contributed by atoms with Crippen LogP contribution in [0.15, 0.2) is 42.5 Å². The molecule has 0 unspecified atom stereocenters. The van der Waals surface area contributed by atoms with Crippen LogP contribution < -0.4 is 4.74 Å². The third kappa shape index (κ3) is 32.3. The summed E-state index contributed by atoms with van der Waals surface area (Å²) in [6.45, 7) is 30.5. The summed E-state index contributed by atoms with van der Waals surface area (Å²) in [6.07, 6.45) is 10.6. The van der Waals surface area contributed by atoms with Gasteiger partial charge < -0.3 is 4.74 Å². The van der Waals surface area contributed by atoms with Gasteiger partial charge in [0.1, 0.15) is 5.75 Å². The van der Waals surface area contributed by atoms with Gasteiger partial charge in [-0.05, 0) is 56.7 Å². The molecule has 0 saturated carbocycles. The summed E-state index contributed by atoms with van der Waals surface area (Å²) < 4.78 is 5.13. The van der Waals surface area contributed by atoms with Gasteiger partial charge >= 0.3 is 0 Å². The van der Waals surface area contributed by atoms with Crippen molar-refractivity contribution in [1.82, 2.24) is 0 Å². The Kier molecular flexibility index (Phi) is 37.9. The molecule has 0 fully saturated rings. The number of unbranched alkanes of at least 4 members (excludes halogenated alkanes) is 3. The van der Waals surface area contributed by atoms with E-state index in [0.717, 1.165) is 17.6 Å². The van der Waals surface area contributed by atoms with E-state index in [1.807, 2.05) is 13.0 Å². The quantitative estimate of drug-likeness (QED) is 0.346. The Morgan fingerprint density at radius 3 is 1.13 bits per heavy atom. The van der Waals surface area contributed by atoms with Crippen LogP contribution in [0, 0.1) is 39.5 Å². The van der Waals surface area contributed by atoms with Gasteiger partial charge in [-0.3, -0.25) is 0 Å². The van der Waals surface area contributed by atoms with E-state index in [4.69, 9.17) is 4.74 Å². The first-order valence-electron chi connectivity index (χ1n) is 15.6. The Balaban J connectivity index is -0.000000191. The molecule has 0 aromatic heterocycles. The highest BCUT2D eigenvalue weighted by atomic mass is 16.5. The van der Waals surface area contributed by atoms with Crippen LogP contribution >= 0.6 is 0 Å². The van der Waals surface area contributed by atoms with Crippen LogP contribution in [0.2, 0.25) is 0 Å². The predicted octanol–water partition coefficient (Wildman–Crippen LogP) is 13.1. The summed E-state index contributed by atoms with van der Waals surface area (Å²) >= 11 is 0. The largest absolute Gasteiger partial charge is 0.496 e. The summed E-state index contributed by atoms with van der Waals surface area (Å²) in [4.78, 5) is 0. The average Bonchev–Trinajstić information content (AvgIpc) is 2.90. The average molecular weight is 531 g/mol. The molecule has 38 heavy (non-hydrogen) atoms. The molecule has 0 radical (unpaired) electrons. The number of hydrogen-bond donors (Lipinski definition) is 0. The molecule has 1 heteroatoms. The molecule has 2 aromatic carbocycles. The van der Waals surface area contributed by atoms with Gasteiger partial charge in [0.15, 0.2) is 0 Å². The van der Waals surface area contributed by atoms with Crippen molar-refractivity contribution >= 4 is 0 Å². The van der Waals surface area contributed by atoms with E-state index in [-0.39, 0.29) is 0 Å². The summed E-state index contributed by atoms with van der Waals surface area (Å²) in [5.74, 6) is 2.81. The fourth-order valence-electron chi connectivity index (χ4n) is 3.15. The van der Waals surface area contributed by atoms with Crippen LogP contribution in [0.3, 0.4) is 0 Å². The van der Waals surface area contributed by atoms with E-state index < -0.39 is 0 Å². The smallest absolute Gasteiger partial charge is 0.122 e. The number of benzene rings is 2. The lowest BCUT2D eigenvalue weighted by atomic mass is 9.91. The van der Waals surface area contributed by atoms with E-state index in [1.54, 1.807) is 7.11 Å². The molecule has 0 bridgehead atoms. The molecule has 2 rings (SSSR count). The molecular weight excluding hydrogens is 460 g/mol. The van der Waals surface area contributed by atoms with Gasteiger partial charge in [-0.2, -0.15) is 0 Å². The lowest BCUT2D eigenvalue weighted by Gasteiger charge is -2.15. The topological polar surface area (TPSA) is 9.23 Å². The van der Waals surface area contributed by atoms with E-state index in [1.165, 1.54) is 73.6 Å². The minimum absolute atomic E-state index is 0.880. The third-order valence-electron chi connectivity index (χ3n) is 5.98. The normalized spacial score (nSPS) is 9.18. The van der Waals surface area contributed by atoms with E-state index in [2.05, 4.69) is 126 Å². The number of rotatable bonds is 7. The summed E-state index contributed by atoms with van der Waals surface area (Å²) in [5, 5.41) is 0. The van der Waals surface area contributed by atoms with Crippen molar-refractivity contribution in [2.45, 2.75) is 148 Å². The van der Waals surface area contributed by atoms with Gasteiger partial charge in [0.2, 0.25) is 0 Å². The van der Waals surface area contributed by atoms with Crippen LogP contribution in [0.25, 0.3) is 0 Å². The van der Waals surface area contributed by atoms with Crippen molar-refractivity contribution < 1.29 is 4.74 Å². The molecule has 0 aliphatic rings. The molecule has 0 amide bonds. The maximum atomic E-state index is 5.13. The number of ether oxygens (including phenoxy) is 1. The highest BCUT2D eigenvalue weighted by Gasteiger charge is 2.06. The second kappa shape index (κ2) is 33.3. The SMILES string of the molecule is CCC.CCC(CC)C(C)C.CCCC.CCCCC.COc1cc(C)ccc1C.Cc1ccc(C)cc1. The van der Waals surface area contributed by atoms with Crippen molar-refractivity contribution in [3.8, 4) is 5.75 Å². The van der Waals surface area contributed by atoms with Crippen molar-refractivity contribution in [3.63, 3.8) is 0 Å². The zero-order valence-electron chi connectivity index (χ0n) is 28.8. The summed E-state index contributed by atoms with van der Waals surface area (Å²) in [7, 11) is 1.70. The van der Waals surface area contributed by atoms with Crippen molar-refractivity contribution in [2.24, 2.45) is 11.8 Å². The molecule has 0 aliphatic carbocycles. The van der Waals surface area contributed by atoms with E-state index >= 15 is 0 Å². The second-order valence-corrected chi connectivity index (χ2v) is 10.5. The van der Waals surface area contributed by atoms with Crippen LogP contribution in [-0.4, -0.2) is 7.11 Å². The monoisotopic (exact) mass is 531 g/mol. The van der Waals surface area contributed by atoms with Gasteiger partial charge in [0, 0.05) is 0 Å². The van der Waals surface area contributed by atoms with Gasteiger partial charge in [-0.1, -0.05) is 168 Å². The number of aryl methyl sites for hydroxylation is 4. The van der Waals surface area contributed by atoms with Gasteiger partial charge in [0.25, 0.3) is 0 Å². The predicted molar refractivity (Wildman–Crippen MR) is 179 cm³/mol. The molecule has 0 spiro atoms. The second-order valence-electron chi connectivity index (χ2n) is 10.5. The molecule has 0 aliphatic heterocycles. The fourth-order valence-corrected chi connectivity index (χ4v) is 3.15. The van der Waals surface area contributed by atoms with Crippen molar-refractivity contribution in [3.05, 3.63) is 64.7 Å². The Labute approximate surface area is 242 Å². The Morgan fingerprint density at radius 2 is 0.947 bits per heavy atom. The van der Waals surface area contributed by atoms with Crippen LogP contribution in [-0.2, 0) is 0 Å². The summed E-state index contributed by atoms with van der Waals surface area (Å²) in [6, 6.07) is 14.7. The molecule has 224 valence electrons. The number of hydrogen-bond acceptors (Lipinski definition) is 1. The zero-order chi connectivity index (χ0) is 30.4. The van der Waals surface area contributed by atoms with Crippen LogP contribution in [0.1, 0.15) is 143 Å². The van der Waals surface area contributed by atoms with Crippen molar-refractivity contribution in [1.29, 1.82) is 0 Å². The van der Waals surface area contributed by atoms with Gasteiger partial charge in [0.05, 0.1) is 7.11 Å². The van der Waals surface area contributed by atoms with Crippen LogP contribution in [0.5, 0.6) is 5.75 Å². The highest BCUT2D eigenvalue weighted by molar-refractivity contribution is 5.35. The molecule has 0 atom stereocenters. The minimum Gasteiger partial charge on any atom is -0.496 e.